The maximum atomic E-state index is 14.2. The van der Waals surface area contributed by atoms with Crippen molar-refractivity contribution < 1.29 is 43.4 Å². The number of amides is 7. The number of primary amides is 1. The molecule has 94 heavy (non-hydrogen) atoms. The van der Waals surface area contributed by atoms with Crippen molar-refractivity contribution in [3.63, 3.8) is 0 Å². The van der Waals surface area contributed by atoms with Crippen LogP contribution in [0.5, 0.6) is 0 Å². The molecular weight excluding hydrogens is 1310 g/mol. The van der Waals surface area contributed by atoms with Gasteiger partial charge in [-0.05, 0) is 209 Å². The molecule has 1 aliphatic heterocycles. The van der Waals surface area contributed by atoms with Crippen molar-refractivity contribution in [2.75, 3.05) is 56.5 Å². The molecule has 0 spiro atoms. The molecular formula is C68H79BrCl2N14O9. The van der Waals surface area contributed by atoms with Crippen LogP contribution in [0.3, 0.4) is 0 Å². The Hall–Kier alpha value is -8.71. The molecule has 3 aliphatic rings. The van der Waals surface area contributed by atoms with Gasteiger partial charge < -0.3 is 46.6 Å². The van der Waals surface area contributed by atoms with Crippen molar-refractivity contribution >= 4 is 92.2 Å². The van der Waals surface area contributed by atoms with Crippen LogP contribution in [0.1, 0.15) is 93.6 Å². The average Bonchev–Trinajstić information content (AvgIpc) is 1.85. The summed E-state index contributed by atoms with van der Waals surface area (Å²) in [5.41, 5.74) is 12.1. The van der Waals surface area contributed by atoms with E-state index in [0.29, 0.717) is 91.6 Å². The Kier molecular flexibility index (Phi) is 24.0. The summed E-state index contributed by atoms with van der Waals surface area (Å²) in [6, 6.07) is 35.4. The summed E-state index contributed by atoms with van der Waals surface area (Å²) in [6.07, 6.45) is 4.46. The van der Waals surface area contributed by atoms with Gasteiger partial charge in [-0.3, -0.25) is 28.9 Å². The molecule has 1 saturated heterocycles. The van der Waals surface area contributed by atoms with Gasteiger partial charge in [0.1, 0.15) is 17.7 Å². The number of benzene rings is 5. The van der Waals surface area contributed by atoms with Crippen LogP contribution in [0.25, 0.3) is 33.9 Å². The maximum absolute atomic E-state index is 14.2. The van der Waals surface area contributed by atoms with Gasteiger partial charge in [-0.25, -0.2) is 19.8 Å². The topological polar surface area (TPSA) is 316 Å². The second kappa shape index (κ2) is 32.4. The molecule has 7 amide bonds. The van der Waals surface area contributed by atoms with Crippen molar-refractivity contribution in [2.24, 2.45) is 29.4 Å². The third-order valence-corrected chi connectivity index (χ3v) is 17.9. The van der Waals surface area contributed by atoms with Crippen LogP contribution in [0.15, 0.2) is 126 Å². The molecule has 23 nitrogen and oxygen atoms in total. The average molecular weight is 1390 g/mol. The maximum Gasteiger partial charge on any atom is 0.407 e. The number of ether oxygens (including phenoxy) is 1. The number of nitrogens with one attached hydrogen (secondary N) is 6. The van der Waals surface area contributed by atoms with Crippen LogP contribution in [0.2, 0.25) is 10.6 Å². The summed E-state index contributed by atoms with van der Waals surface area (Å²) in [4.78, 5) is 104. The van der Waals surface area contributed by atoms with E-state index in [9.17, 15) is 33.6 Å². The zero-order chi connectivity index (χ0) is 67.1. The van der Waals surface area contributed by atoms with Crippen LogP contribution in [0, 0.1) is 23.7 Å². The number of nitrogens with zero attached hydrogens (tertiary/aromatic N) is 7. The minimum Gasteiger partial charge on any atom is -0.465 e. The summed E-state index contributed by atoms with van der Waals surface area (Å²) in [5, 5.41) is 33.9. The van der Waals surface area contributed by atoms with E-state index < -0.39 is 35.8 Å². The van der Waals surface area contributed by atoms with Crippen LogP contribution < -0.4 is 31.9 Å². The van der Waals surface area contributed by atoms with Gasteiger partial charge in [-0.15, -0.1) is 0 Å². The Balaban J connectivity index is 0.000000227. The fourth-order valence-corrected chi connectivity index (χ4v) is 12.6. The van der Waals surface area contributed by atoms with Crippen LogP contribution >= 0.6 is 39.1 Å². The van der Waals surface area contributed by atoms with Gasteiger partial charge in [0.25, 0.3) is 5.91 Å². The third-order valence-electron chi connectivity index (χ3n) is 17.1. The van der Waals surface area contributed by atoms with Crippen LogP contribution in [-0.4, -0.2) is 151 Å². The Morgan fingerprint density at radius 1 is 0.681 bits per heavy atom. The number of nitrogens with two attached hydrogens (primary N) is 1. The number of piperazine rings is 1. The minimum absolute atomic E-state index is 0.0280. The number of carbonyl (C=O) groups excluding carboxylic acids is 6. The number of likely N-dealkylation sites (N-methyl/N-ethyl adjacent to an activating group) is 1. The lowest BCUT2D eigenvalue weighted by molar-refractivity contribution is -0.130. The van der Waals surface area contributed by atoms with Crippen molar-refractivity contribution in [3.05, 3.63) is 153 Å². The Morgan fingerprint density at radius 2 is 1.22 bits per heavy atom. The minimum atomic E-state index is -1.05. The number of hydrogen-bond donors (Lipinski definition) is 8. The normalized spacial score (nSPS) is 18.1. The van der Waals surface area contributed by atoms with Crippen molar-refractivity contribution in [1.29, 1.82) is 0 Å². The van der Waals surface area contributed by atoms with E-state index in [4.69, 9.17) is 38.8 Å². The Labute approximate surface area is 564 Å². The summed E-state index contributed by atoms with van der Waals surface area (Å²) in [5.74, 6) is -0.587. The number of hydrogen-bond acceptors (Lipinski definition) is 13. The molecule has 2 aromatic heterocycles. The summed E-state index contributed by atoms with van der Waals surface area (Å²) < 4.78 is 6.21. The fraction of sp³-hybridized carbons (Fsp3) is 0.397. The number of rotatable bonds is 20. The van der Waals surface area contributed by atoms with E-state index >= 15 is 0 Å². The number of aromatic amines is 2. The molecule has 3 heterocycles. The molecule has 2 aliphatic carbocycles. The monoisotopic (exact) mass is 1380 g/mol. The number of aromatic nitrogens is 6. The first-order valence-electron chi connectivity index (χ1n) is 31.5. The predicted octanol–water partition coefficient (Wildman–Crippen LogP) is 10.6. The summed E-state index contributed by atoms with van der Waals surface area (Å²) in [6.45, 7) is 9.44. The van der Waals surface area contributed by atoms with Gasteiger partial charge in [-0.2, -0.15) is 20.2 Å². The predicted molar refractivity (Wildman–Crippen MR) is 363 cm³/mol. The molecule has 9 N–H and O–H groups in total. The highest BCUT2D eigenvalue weighted by Crippen LogP contribution is 2.35. The van der Waals surface area contributed by atoms with Gasteiger partial charge in [0, 0.05) is 96.5 Å². The van der Waals surface area contributed by atoms with Gasteiger partial charge in [0.05, 0.1) is 0 Å². The third kappa shape index (κ3) is 19.9. The lowest BCUT2D eigenvalue weighted by Crippen LogP contribution is -2.52. The number of H-pyrrole nitrogens is 2. The number of carboxylic acid groups (broad SMARTS) is 1. The van der Waals surface area contributed by atoms with Crippen molar-refractivity contribution in [2.45, 2.75) is 103 Å². The molecule has 7 aromatic rings. The number of alkyl carbamates (subject to hydrolysis) is 1. The first kappa shape index (κ1) is 69.6. The SMILES string of the molecule is CC(C)(C)OC(=O)NCC1CCC(C(=O)N(c2ccc(-c3n[nH]c(Cl)n3)cc2)[C@@H](Cc2cccc(Br)c2)C(N)=O)CC1.CN1CCN(C(=O)c2ccc(-c3cccc(C[C@H](NC(=O)C4CCC(CNC(=O)O)CC4)C(=O)Nc4ccc(-c5n[nH]c(Cl)n5)cc4)c3)cc2)CC1. The van der Waals surface area contributed by atoms with Gasteiger partial charge in [-0.1, -0.05) is 64.5 Å². The molecule has 10 rings (SSSR count). The van der Waals surface area contributed by atoms with E-state index in [1.54, 1.807) is 53.4 Å². The van der Waals surface area contributed by atoms with Gasteiger partial charge >= 0.3 is 12.2 Å². The zero-order valence-corrected chi connectivity index (χ0v) is 56.0. The molecule has 3 fully saturated rings. The van der Waals surface area contributed by atoms with E-state index in [0.717, 1.165) is 65.5 Å². The van der Waals surface area contributed by atoms with Crippen LogP contribution in [-0.2, 0) is 36.8 Å². The molecule has 496 valence electrons. The molecule has 0 bridgehead atoms. The smallest absolute Gasteiger partial charge is 0.407 e. The zero-order valence-electron chi connectivity index (χ0n) is 52.9. The van der Waals surface area contributed by atoms with Crippen molar-refractivity contribution in [3.8, 4) is 33.9 Å². The van der Waals surface area contributed by atoms with E-state index in [-0.39, 0.29) is 70.7 Å². The highest BCUT2D eigenvalue weighted by atomic mass is 79.9. The van der Waals surface area contributed by atoms with Crippen LogP contribution in [0.4, 0.5) is 21.0 Å². The lowest BCUT2D eigenvalue weighted by atomic mass is 9.81. The first-order valence-corrected chi connectivity index (χ1v) is 33.0. The van der Waals surface area contributed by atoms with Gasteiger partial charge in [0.15, 0.2) is 11.6 Å². The van der Waals surface area contributed by atoms with Crippen molar-refractivity contribution in [1.82, 2.24) is 56.1 Å². The standard InChI is InChI=1S/C38H43ClN8O5.C30H36BrClN6O4/c1-46-17-19-47(20-18-46)36(50)29-11-9-26(10-12-29)30-4-2-3-25(21-30)22-32(42-34(48)28-7-5-24(6-8-28)23-40-38(51)52)35(49)41-31-15-13-27(14-16-31)33-43-37(39)45-44-33;1-30(2,3)42-29(41)34-17-18-7-9-21(10-8-18)27(40)38(24(25(33)39)16-19-5-4-6-22(31)15-19)23-13-11-20(12-14-23)26-35-28(32)37-36-26/h2-4,9-16,21,24,28,32,40H,5-8,17-20,22-23H2,1H3,(H,41,49)(H,42,48)(H,51,52)(H,43,44,45);4-6,11-15,18,21,24H,7-10,16-17H2,1-3H3,(H2,33,39)(H,34,41)(H,35,36,37)/t24?,28?,32-;18?,21?,24-/m00/s1. The number of halogens is 3. The molecule has 26 heteroatoms. The number of anilines is 2. The molecule has 0 unspecified atom stereocenters. The molecule has 0 radical (unpaired) electrons. The summed E-state index contributed by atoms with van der Waals surface area (Å²) in [7, 11) is 2.06. The lowest BCUT2D eigenvalue weighted by Gasteiger charge is -2.36. The molecule has 2 atom stereocenters. The Morgan fingerprint density at radius 3 is 1.77 bits per heavy atom. The number of carbonyl (C=O) groups is 7. The van der Waals surface area contributed by atoms with E-state index in [1.165, 1.54) is 0 Å². The fourth-order valence-electron chi connectivity index (χ4n) is 11.9. The molecule has 2 saturated carbocycles. The first-order chi connectivity index (χ1) is 45.0. The van der Waals surface area contributed by atoms with E-state index in [2.05, 4.69) is 79.5 Å². The second-order valence-corrected chi connectivity index (χ2v) is 26.7. The summed E-state index contributed by atoms with van der Waals surface area (Å²) >= 11 is 15.2. The van der Waals surface area contributed by atoms with Gasteiger partial charge in [0.2, 0.25) is 34.2 Å². The van der Waals surface area contributed by atoms with E-state index in [1.807, 2.05) is 98.5 Å². The Bertz CT molecular complexity index is 3750. The quantitative estimate of drug-likeness (QED) is 0.0352. The largest absolute Gasteiger partial charge is 0.465 e. The highest BCUT2D eigenvalue weighted by molar-refractivity contribution is 9.10. The second-order valence-electron chi connectivity index (χ2n) is 25.1. The highest BCUT2D eigenvalue weighted by Gasteiger charge is 2.37. The molecule has 5 aromatic carbocycles.